The lowest BCUT2D eigenvalue weighted by molar-refractivity contribution is 0.0733. The molecular formula is C10H20ClNO. The summed E-state index contributed by atoms with van der Waals surface area (Å²) < 4.78 is 5.34. The first-order valence-electron chi connectivity index (χ1n) is 5.26. The number of rotatable bonds is 7. The fourth-order valence-electron chi connectivity index (χ4n) is 1.66. The molecule has 1 fully saturated rings. The van der Waals surface area contributed by atoms with E-state index in [1.54, 1.807) is 0 Å². The van der Waals surface area contributed by atoms with E-state index in [1.807, 2.05) is 6.92 Å². The van der Waals surface area contributed by atoms with Crippen molar-refractivity contribution in [1.29, 1.82) is 0 Å². The van der Waals surface area contributed by atoms with Crippen molar-refractivity contribution < 1.29 is 4.74 Å². The van der Waals surface area contributed by atoms with Crippen LogP contribution in [0.1, 0.15) is 26.2 Å². The summed E-state index contributed by atoms with van der Waals surface area (Å²) in [6, 6.07) is 0.791. The average Bonchev–Trinajstić information content (AvgIpc) is 2.02. The second-order valence-electron chi connectivity index (χ2n) is 3.51. The minimum atomic E-state index is 0.739. The zero-order chi connectivity index (χ0) is 9.52. The molecule has 1 aliphatic rings. The van der Waals surface area contributed by atoms with Gasteiger partial charge in [-0.25, -0.2) is 0 Å². The van der Waals surface area contributed by atoms with Crippen LogP contribution in [0.25, 0.3) is 0 Å². The Morgan fingerprint density at radius 2 is 2.15 bits per heavy atom. The van der Waals surface area contributed by atoms with E-state index >= 15 is 0 Å². The predicted octanol–water partition coefficient (Wildman–Crippen LogP) is 2.12. The summed E-state index contributed by atoms with van der Waals surface area (Å²) in [5, 5.41) is 0. The Balaban J connectivity index is 2.12. The highest BCUT2D eigenvalue weighted by molar-refractivity contribution is 6.18. The summed E-state index contributed by atoms with van der Waals surface area (Å²) in [7, 11) is 0. The predicted molar refractivity (Wildman–Crippen MR) is 56.4 cm³/mol. The van der Waals surface area contributed by atoms with Crippen LogP contribution in [0.2, 0.25) is 0 Å². The molecule has 0 amide bonds. The molecule has 0 unspecified atom stereocenters. The third-order valence-electron chi connectivity index (χ3n) is 2.69. The monoisotopic (exact) mass is 205 g/mol. The second-order valence-corrected chi connectivity index (χ2v) is 3.88. The molecule has 1 rings (SSSR count). The zero-order valence-electron chi connectivity index (χ0n) is 8.47. The summed E-state index contributed by atoms with van der Waals surface area (Å²) in [6.45, 7) is 5.77. The van der Waals surface area contributed by atoms with Gasteiger partial charge in [-0.05, 0) is 19.8 Å². The molecule has 0 saturated heterocycles. The van der Waals surface area contributed by atoms with E-state index in [1.165, 1.54) is 19.3 Å². The van der Waals surface area contributed by atoms with Gasteiger partial charge in [0.15, 0.2) is 0 Å². The van der Waals surface area contributed by atoms with Crippen LogP contribution in [-0.4, -0.2) is 43.1 Å². The summed E-state index contributed by atoms with van der Waals surface area (Å²) in [5.41, 5.74) is 0. The molecule has 0 spiro atoms. The van der Waals surface area contributed by atoms with E-state index < -0.39 is 0 Å². The van der Waals surface area contributed by atoms with Gasteiger partial charge in [-0.2, -0.15) is 0 Å². The van der Waals surface area contributed by atoms with Crippen molar-refractivity contribution in [3.63, 3.8) is 0 Å². The van der Waals surface area contributed by atoms with Gasteiger partial charge < -0.3 is 4.74 Å². The smallest absolute Gasteiger partial charge is 0.0593 e. The van der Waals surface area contributed by atoms with Gasteiger partial charge in [-0.1, -0.05) is 6.42 Å². The first-order valence-corrected chi connectivity index (χ1v) is 5.79. The molecule has 0 aromatic rings. The largest absolute Gasteiger partial charge is 0.380 e. The van der Waals surface area contributed by atoms with Gasteiger partial charge >= 0.3 is 0 Å². The lowest BCUT2D eigenvalue weighted by Crippen LogP contribution is -2.43. The maximum atomic E-state index is 5.75. The van der Waals surface area contributed by atoms with E-state index in [9.17, 15) is 0 Å². The fraction of sp³-hybridized carbons (Fsp3) is 1.00. The third kappa shape index (κ3) is 3.84. The van der Waals surface area contributed by atoms with Crippen molar-refractivity contribution in [2.24, 2.45) is 0 Å². The molecule has 78 valence electrons. The summed E-state index contributed by atoms with van der Waals surface area (Å²) in [5.74, 6) is 0.739. The molecule has 0 N–H and O–H groups in total. The van der Waals surface area contributed by atoms with E-state index in [0.29, 0.717) is 0 Å². The number of ether oxygens (including phenoxy) is 1. The molecule has 13 heavy (non-hydrogen) atoms. The molecule has 0 aromatic carbocycles. The Morgan fingerprint density at radius 3 is 2.62 bits per heavy atom. The molecule has 3 heteroatoms. The van der Waals surface area contributed by atoms with Crippen LogP contribution < -0.4 is 0 Å². The lowest BCUT2D eigenvalue weighted by Gasteiger charge is -2.37. The summed E-state index contributed by atoms with van der Waals surface area (Å²) in [4.78, 5) is 2.46. The van der Waals surface area contributed by atoms with Gasteiger partial charge in [0.2, 0.25) is 0 Å². The van der Waals surface area contributed by atoms with E-state index in [2.05, 4.69) is 4.90 Å². The number of hydrogen-bond donors (Lipinski definition) is 0. The van der Waals surface area contributed by atoms with Gasteiger partial charge in [-0.15, -0.1) is 11.6 Å². The van der Waals surface area contributed by atoms with Gasteiger partial charge in [0, 0.05) is 31.6 Å². The van der Waals surface area contributed by atoms with Crippen LogP contribution in [0.3, 0.4) is 0 Å². The van der Waals surface area contributed by atoms with Crippen molar-refractivity contribution in [2.45, 2.75) is 32.2 Å². The highest BCUT2D eigenvalue weighted by Crippen LogP contribution is 2.24. The molecule has 1 aliphatic carbocycles. The Hall–Kier alpha value is 0.210. The van der Waals surface area contributed by atoms with Crippen molar-refractivity contribution in [2.75, 3.05) is 32.2 Å². The Kier molecular flexibility index (Phi) is 5.76. The zero-order valence-corrected chi connectivity index (χ0v) is 9.22. The molecule has 0 aliphatic heterocycles. The SMILES string of the molecule is CCOCCN(CCCl)C1CCC1. The van der Waals surface area contributed by atoms with Crippen LogP contribution in [0.15, 0.2) is 0 Å². The first kappa shape index (κ1) is 11.3. The number of halogens is 1. The third-order valence-corrected chi connectivity index (χ3v) is 2.86. The van der Waals surface area contributed by atoms with E-state index in [0.717, 1.165) is 38.2 Å². The normalized spacial score (nSPS) is 17.8. The van der Waals surface area contributed by atoms with Crippen LogP contribution in [-0.2, 0) is 4.74 Å². The standard InChI is InChI=1S/C10H20ClNO/c1-2-13-9-8-12(7-6-11)10-4-3-5-10/h10H,2-9H2,1H3. The molecular weight excluding hydrogens is 186 g/mol. The molecule has 1 saturated carbocycles. The highest BCUT2D eigenvalue weighted by atomic mass is 35.5. The summed E-state index contributed by atoms with van der Waals surface area (Å²) in [6.07, 6.45) is 4.09. The van der Waals surface area contributed by atoms with Crippen molar-refractivity contribution in [3.05, 3.63) is 0 Å². The van der Waals surface area contributed by atoms with E-state index in [-0.39, 0.29) is 0 Å². The Bertz CT molecular complexity index is 128. The lowest BCUT2D eigenvalue weighted by atomic mass is 9.91. The number of hydrogen-bond acceptors (Lipinski definition) is 2. The molecule has 2 nitrogen and oxygen atoms in total. The minimum absolute atomic E-state index is 0.739. The maximum absolute atomic E-state index is 5.75. The Morgan fingerprint density at radius 1 is 1.38 bits per heavy atom. The molecule has 0 heterocycles. The maximum Gasteiger partial charge on any atom is 0.0593 e. The van der Waals surface area contributed by atoms with Gasteiger partial charge in [0.25, 0.3) is 0 Å². The number of alkyl halides is 1. The van der Waals surface area contributed by atoms with Gasteiger partial charge in [0.1, 0.15) is 0 Å². The second kappa shape index (κ2) is 6.63. The Labute approximate surface area is 86.2 Å². The van der Waals surface area contributed by atoms with Crippen LogP contribution in [0.5, 0.6) is 0 Å². The molecule has 0 bridgehead atoms. The number of nitrogens with zero attached hydrogens (tertiary/aromatic N) is 1. The van der Waals surface area contributed by atoms with Crippen LogP contribution >= 0.6 is 11.6 Å². The van der Waals surface area contributed by atoms with Crippen molar-refractivity contribution in [1.82, 2.24) is 4.90 Å². The molecule has 0 atom stereocenters. The van der Waals surface area contributed by atoms with E-state index in [4.69, 9.17) is 16.3 Å². The molecule has 0 radical (unpaired) electrons. The minimum Gasteiger partial charge on any atom is -0.380 e. The first-order chi connectivity index (χ1) is 6.38. The average molecular weight is 206 g/mol. The molecule has 0 aromatic heterocycles. The van der Waals surface area contributed by atoms with Crippen molar-refractivity contribution in [3.8, 4) is 0 Å². The van der Waals surface area contributed by atoms with Crippen molar-refractivity contribution >= 4 is 11.6 Å². The quantitative estimate of drug-likeness (QED) is 0.467. The van der Waals surface area contributed by atoms with Gasteiger partial charge in [0.05, 0.1) is 6.61 Å². The fourth-order valence-corrected chi connectivity index (χ4v) is 1.88. The summed E-state index contributed by atoms with van der Waals surface area (Å²) >= 11 is 5.75. The topological polar surface area (TPSA) is 12.5 Å². The van der Waals surface area contributed by atoms with Crippen LogP contribution in [0, 0.1) is 0 Å². The van der Waals surface area contributed by atoms with Crippen LogP contribution in [0.4, 0.5) is 0 Å². The highest BCUT2D eigenvalue weighted by Gasteiger charge is 2.23. The van der Waals surface area contributed by atoms with Gasteiger partial charge in [-0.3, -0.25) is 4.90 Å².